The summed E-state index contributed by atoms with van der Waals surface area (Å²) in [5.41, 5.74) is -0.269. The van der Waals surface area contributed by atoms with Crippen LogP contribution >= 0.6 is 0 Å². The fraction of sp³-hybridized carbons (Fsp3) is 0.462. The van der Waals surface area contributed by atoms with Gasteiger partial charge in [-0.25, -0.2) is 4.98 Å². The Morgan fingerprint density at radius 3 is 3.11 bits per heavy atom. The minimum absolute atomic E-state index is 0.397. The molecule has 0 amide bonds. The number of aromatic nitrogens is 1. The Morgan fingerprint density at radius 2 is 2.44 bits per heavy atom. The molecule has 1 unspecified atom stereocenters. The fourth-order valence-corrected chi connectivity index (χ4v) is 2.33. The summed E-state index contributed by atoms with van der Waals surface area (Å²) in [6.07, 6.45) is 3.08. The summed E-state index contributed by atoms with van der Waals surface area (Å²) < 4.78 is 0. The second-order valence-electron chi connectivity index (χ2n) is 4.88. The topological polar surface area (TPSA) is 77.2 Å². The normalized spacial score (nSPS) is 23.4. The molecular formula is C13H15N3O2. The van der Waals surface area contributed by atoms with Gasteiger partial charge in [-0.3, -0.25) is 4.79 Å². The zero-order valence-corrected chi connectivity index (χ0v) is 10.3. The van der Waals surface area contributed by atoms with Crippen molar-refractivity contribution in [3.05, 3.63) is 23.9 Å². The van der Waals surface area contributed by atoms with Gasteiger partial charge in [0, 0.05) is 19.3 Å². The van der Waals surface area contributed by atoms with Gasteiger partial charge in [-0.1, -0.05) is 0 Å². The molecular weight excluding hydrogens is 230 g/mol. The van der Waals surface area contributed by atoms with E-state index in [2.05, 4.69) is 11.1 Å². The molecule has 5 heteroatoms. The third kappa shape index (κ3) is 2.14. The van der Waals surface area contributed by atoms with Gasteiger partial charge >= 0.3 is 5.97 Å². The van der Waals surface area contributed by atoms with E-state index in [-0.39, 0.29) is 0 Å². The maximum atomic E-state index is 11.3. The molecule has 0 aliphatic carbocycles. The molecule has 18 heavy (non-hydrogen) atoms. The molecule has 1 aliphatic heterocycles. The largest absolute Gasteiger partial charge is 0.481 e. The van der Waals surface area contributed by atoms with Gasteiger partial charge < -0.3 is 10.0 Å². The lowest BCUT2D eigenvalue weighted by Crippen LogP contribution is -2.46. The van der Waals surface area contributed by atoms with Crippen molar-refractivity contribution >= 4 is 11.8 Å². The molecule has 1 aromatic rings. The minimum atomic E-state index is -0.790. The number of nitrogens with zero attached hydrogens (tertiary/aromatic N) is 3. The van der Waals surface area contributed by atoms with Crippen molar-refractivity contribution in [3.8, 4) is 6.07 Å². The first-order chi connectivity index (χ1) is 8.57. The molecule has 1 aromatic heterocycles. The molecule has 1 aliphatic rings. The number of aliphatic carboxylic acids is 1. The van der Waals surface area contributed by atoms with Gasteiger partial charge in [-0.05, 0) is 31.9 Å². The molecule has 1 atom stereocenters. The van der Waals surface area contributed by atoms with Crippen molar-refractivity contribution in [3.63, 3.8) is 0 Å². The van der Waals surface area contributed by atoms with E-state index in [0.29, 0.717) is 24.3 Å². The van der Waals surface area contributed by atoms with Crippen molar-refractivity contribution in [2.75, 3.05) is 18.0 Å². The number of rotatable bonds is 2. The van der Waals surface area contributed by atoms with Crippen molar-refractivity contribution in [2.24, 2.45) is 5.41 Å². The zero-order valence-electron chi connectivity index (χ0n) is 10.3. The van der Waals surface area contributed by atoms with Crippen LogP contribution in [0.25, 0.3) is 0 Å². The van der Waals surface area contributed by atoms with Gasteiger partial charge in [0.2, 0.25) is 0 Å². The Labute approximate surface area is 106 Å². The van der Waals surface area contributed by atoms with Gasteiger partial charge in [0.25, 0.3) is 0 Å². The van der Waals surface area contributed by atoms with Crippen molar-refractivity contribution in [2.45, 2.75) is 19.8 Å². The van der Waals surface area contributed by atoms with Gasteiger partial charge in [-0.2, -0.15) is 5.26 Å². The molecule has 2 heterocycles. The summed E-state index contributed by atoms with van der Waals surface area (Å²) in [7, 11) is 0. The van der Waals surface area contributed by atoms with Crippen molar-refractivity contribution in [1.82, 2.24) is 4.98 Å². The molecule has 0 spiro atoms. The fourth-order valence-electron chi connectivity index (χ4n) is 2.33. The first-order valence-corrected chi connectivity index (χ1v) is 5.90. The molecule has 2 rings (SSSR count). The summed E-state index contributed by atoms with van der Waals surface area (Å²) >= 11 is 0. The predicted molar refractivity (Wildman–Crippen MR) is 66.1 cm³/mol. The smallest absolute Gasteiger partial charge is 0.311 e. The zero-order chi connectivity index (χ0) is 13.2. The van der Waals surface area contributed by atoms with E-state index in [9.17, 15) is 9.90 Å². The van der Waals surface area contributed by atoms with Crippen LogP contribution < -0.4 is 4.90 Å². The lowest BCUT2D eigenvalue weighted by atomic mass is 9.82. The number of piperidine rings is 1. The van der Waals surface area contributed by atoms with E-state index in [1.807, 2.05) is 4.90 Å². The van der Waals surface area contributed by atoms with Crippen LogP contribution in [0, 0.1) is 16.7 Å². The van der Waals surface area contributed by atoms with E-state index in [1.165, 1.54) is 0 Å². The lowest BCUT2D eigenvalue weighted by Gasteiger charge is -2.38. The minimum Gasteiger partial charge on any atom is -0.481 e. The molecule has 5 nitrogen and oxygen atoms in total. The number of nitriles is 1. The summed E-state index contributed by atoms with van der Waals surface area (Å²) in [4.78, 5) is 17.4. The number of pyridine rings is 1. The molecule has 94 valence electrons. The summed E-state index contributed by atoms with van der Waals surface area (Å²) in [5.74, 6) is -0.200. The number of carboxylic acid groups (broad SMARTS) is 1. The lowest BCUT2D eigenvalue weighted by molar-refractivity contribution is -0.148. The van der Waals surface area contributed by atoms with Crippen LogP contribution in [0.15, 0.2) is 18.3 Å². The number of anilines is 1. The van der Waals surface area contributed by atoms with Crippen LogP contribution in [0.4, 0.5) is 5.82 Å². The number of hydrogen-bond acceptors (Lipinski definition) is 4. The van der Waals surface area contributed by atoms with E-state index in [1.54, 1.807) is 25.3 Å². The first-order valence-electron chi connectivity index (χ1n) is 5.90. The predicted octanol–water partition coefficient (Wildman–Crippen LogP) is 1.64. The molecule has 1 N–H and O–H groups in total. The second-order valence-corrected chi connectivity index (χ2v) is 4.88. The van der Waals surface area contributed by atoms with Crippen LogP contribution in [0.1, 0.15) is 25.3 Å². The van der Waals surface area contributed by atoms with Crippen LogP contribution in [-0.4, -0.2) is 29.1 Å². The van der Waals surface area contributed by atoms with Gasteiger partial charge in [0.05, 0.1) is 11.0 Å². The van der Waals surface area contributed by atoms with Crippen LogP contribution in [0.3, 0.4) is 0 Å². The van der Waals surface area contributed by atoms with E-state index < -0.39 is 11.4 Å². The van der Waals surface area contributed by atoms with E-state index in [4.69, 9.17) is 5.26 Å². The highest BCUT2D eigenvalue weighted by Crippen LogP contribution is 2.32. The van der Waals surface area contributed by atoms with Crippen molar-refractivity contribution < 1.29 is 9.90 Å². The number of carbonyl (C=O) groups is 1. The molecule has 1 fully saturated rings. The van der Waals surface area contributed by atoms with Gasteiger partial charge in [0.1, 0.15) is 11.9 Å². The van der Waals surface area contributed by atoms with Crippen molar-refractivity contribution in [1.29, 1.82) is 5.26 Å². The third-order valence-electron chi connectivity index (χ3n) is 3.42. The monoisotopic (exact) mass is 245 g/mol. The summed E-state index contributed by atoms with van der Waals surface area (Å²) in [6.45, 7) is 2.89. The summed E-state index contributed by atoms with van der Waals surface area (Å²) in [6, 6.07) is 5.51. The quantitative estimate of drug-likeness (QED) is 0.857. The molecule has 0 saturated carbocycles. The van der Waals surface area contributed by atoms with Crippen LogP contribution in [0.5, 0.6) is 0 Å². The summed E-state index contributed by atoms with van der Waals surface area (Å²) in [5, 5.41) is 18.3. The van der Waals surface area contributed by atoms with E-state index >= 15 is 0 Å². The Balaban J connectivity index is 2.29. The Hall–Kier alpha value is -2.09. The highest BCUT2D eigenvalue weighted by molar-refractivity contribution is 5.75. The third-order valence-corrected chi connectivity index (χ3v) is 3.42. The second kappa shape index (κ2) is 4.65. The molecule has 1 saturated heterocycles. The average molecular weight is 245 g/mol. The molecule has 0 aromatic carbocycles. The number of hydrogen-bond donors (Lipinski definition) is 1. The highest BCUT2D eigenvalue weighted by atomic mass is 16.4. The van der Waals surface area contributed by atoms with Crippen LogP contribution in [0.2, 0.25) is 0 Å². The molecule has 0 radical (unpaired) electrons. The average Bonchev–Trinajstić information content (AvgIpc) is 2.38. The van der Waals surface area contributed by atoms with Gasteiger partial charge in [0.15, 0.2) is 0 Å². The Bertz CT molecular complexity index is 509. The van der Waals surface area contributed by atoms with Crippen LogP contribution in [-0.2, 0) is 4.79 Å². The first kappa shape index (κ1) is 12.4. The maximum absolute atomic E-state index is 11.3. The standard InChI is InChI=1S/C13H15N3O2/c1-13(12(17)18)5-3-7-16(9-13)11-10(8-14)4-2-6-15-11/h2,4,6H,3,5,7,9H2,1H3,(H,17,18). The Kier molecular flexibility index (Phi) is 3.19. The number of carboxylic acids is 1. The molecule has 0 bridgehead atoms. The maximum Gasteiger partial charge on any atom is 0.311 e. The van der Waals surface area contributed by atoms with E-state index in [0.717, 1.165) is 13.0 Å². The van der Waals surface area contributed by atoms with Gasteiger partial charge in [-0.15, -0.1) is 0 Å². The highest BCUT2D eigenvalue weighted by Gasteiger charge is 2.38. The SMILES string of the molecule is CC1(C(=O)O)CCCN(c2ncccc2C#N)C1. The Morgan fingerprint density at radius 1 is 1.67 bits per heavy atom.